The van der Waals surface area contributed by atoms with Gasteiger partial charge in [0.05, 0.1) is 18.3 Å². The fraction of sp³-hybridized carbons (Fsp3) is 0.312. The topological polar surface area (TPSA) is 34.2 Å². The van der Waals surface area contributed by atoms with Crippen molar-refractivity contribution in [2.75, 3.05) is 7.05 Å². The van der Waals surface area contributed by atoms with E-state index in [0.717, 1.165) is 11.6 Å². The average molecular weight is 292 g/mol. The monoisotopic (exact) mass is 292 g/mol. The summed E-state index contributed by atoms with van der Waals surface area (Å²) in [5, 5.41) is 3.02. The number of hydrogen-bond donors (Lipinski definition) is 1. The van der Waals surface area contributed by atoms with Crippen molar-refractivity contribution >= 4 is 0 Å². The van der Waals surface area contributed by atoms with Crippen LogP contribution in [0.3, 0.4) is 0 Å². The molecule has 1 atom stereocenters. The fourth-order valence-electron chi connectivity index (χ4n) is 2.17. The van der Waals surface area contributed by atoms with E-state index in [9.17, 15) is 8.78 Å². The summed E-state index contributed by atoms with van der Waals surface area (Å²) in [6.07, 6.45) is 3.27. The Bertz CT molecular complexity index is 617. The summed E-state index contributed by atoms with van der Waals surface area (Å²) >= 11 is 0. The van der Waals surface area contributed by atoms with Crippen LogP contribution in [0.1, 0.15) is 31.0 Å². The van der Waals surface area contributed by atoms with E-state index < -0.39 is 17.7 Å². The molecule has 0 saturated heterocycles. The van der Waals surface area contributed by atoms with E-state index in [1.54, 1.807) is 25.5 Å². The molecule has 0 aliphatic carbocycles. The summed E-state index contributed by atoms with van der Waals surface area (Å²) in [5.41, 5.74) is 1.11. The van der Waals surface area contributed by atoms with E-state index >= 15 is 0 Å². The number of hydrogen-bond acceptors (Lipinski definition) is 3. The maximum absolute atomic E-state index is 14.0. The van der Waals surface area contributed by atoms with E-state index in [1.807, 2.05) is 13.8 Å². The Kier molecular flexibility index (Phi) is 4.85. The molecule has 5 heteroatoms. The number of benzene rings is 1. The minimum absolute atomic E-state index is 0.0256. The molecule has 0 bridgehead atoms. The number of nitrogens with one attached hydrogen (secondary N) is 1. The highest BCUT2D eigenvalue weighted by molar-refractivity contribution is 5.35. The molecule has 1 aromatic heterocycles. The molecule has 1 unspecified atom stereocenters. The lowest BCUT2D eigenvalue weighted by molar-refractivity contribution is 0.241. The molecule has 0 fully saturated rings. The van der Waals surface area contributed by atoms with Gasteiger partial charge >= 0.3 is 0 Å². The van der Waals surface area contributed by atoms with Crippen molar-refractivity contribution in [1.82, 2.24) is 10.3 Å². The van der Waals surface area contributed by atoms with Gasteiger partial charge in [0.25, 0.3) is 0 Å². The van der Waals surface area contributed by atoms with E-state index in [0.29, 0.717) is 11.3 Å². The zero-order chi connectivity index (χ0) is 15.4. The summed E-state index contributed by atoms with van der Waals surface area (Å²) in [7, 11) is 1.71. The van der Waals surface area contributed by atoms with Crippen molar-refractivity contribution in [3.63, 3.8) is 0 Å². The third-order valence-corrected chi connectivity index (χ3v) is 3.00. The van der Waals surface area contributed by atoms with E-state index in [4.69, 9.17) is 4.74 Å². The van der Waals surface area contributed by atoms with Gasteiger partial charge in [-0.25, -0.2) is 8.78 Å². The first-order valence-corrected chi connectivity index (χ1v) is 6.75. The molecule has 112 valence electrons. The largest absolute Gasteiger partial charge is 0.489 e. The zero-order valence-electron chi connectivity index (χ0n) is 12.2. The first kappa shape index (κ1) is 15.4. The Morgan fingerprint density at radius 1 is 1.14 bits per heavy atom. The van der Waals surface area contributed by atoms with Crippen molar-refractivity contribution in [2.45, 2.75) is 26.0 Å². The normalized spacial score (nSPS) is 12.5. The van der Waals surface area contributed by atoms with Gasteiger partial charge in [0.15, 0.2) is 0 Å². The Morgan fingerprint density at radius 2 is 1.90 bits per heavy atom. The number of halogens is 2. The van der Waals surface area contributed by atoms with Gasteiger partial charge < -0.3 is 10.1 Å². The predicted molar refractivity (Wildman–Crippen MR) is 77.3 cm³/mol. The summed E-state index contributed by atoms with van der Waals surface area (Å²) in [6, 6.07) is 4.93. The molecule has 2 aromatic rings. The van der Waals surface area contributed by atoms with Crippen LogP contribution in [0.2, 0.25) is 0 Å². The van der Waals surface area contributed by atoms with Gasteiger partial charge in [-0.15, -0.1) is 0 Å². The van der Waals surface area contributed by atoms with Gasteiger partial charge in [0, 0.05) is 17.8 Å². The molecule has 0 saturated carbocycles. The van der Waals surface area contributed by atoms with E-state index in [2.05, 4.69) is 10.3 Å². The molecular formula is C16H18F2N2O. The number of aromatic nitrogens is 1. The maximum Gasteiger partial charge on any atom is 0.138 e. The fourth-order valence-corrected chi connectivity index (χ4v) is 2.17. The van der Waals surface area contributed by atoms with Crippen LogP contribution < -0.4 is 10.1 Å². The Labute approximate surface area is 123 Å². The minimum atomic E-state index is -0.596. The Hall–Kier alpha value is -2.01. The number of nitrogens with zero attached hydrogens (tertiary/aromatic N) is 1. The van der Waals surface area contributed by atoms with Crippen molar-refractivity contribution < 1.29 is 13.5 Å². The van der Waals surface area contributed by atoms with Crippen molar-refractivity contribution in [3.05, 3.63) is 59.4 Å². The van der Waals surface area contributed by atoms with Crippen LogP contribution in [0.4, 0.5) is 8.78 Å². The Morgan fingerprint density at radius 3 is 2.52 bits per heavy atom. The quantitative estimate of drug-likeness (QED) is 0.916. The predicted octanol–water partition coefficient (Wildman–Crippen LogP) is 3.46. The van der Waals surface area contributed by atoms with Gasteiger partial charge in [-0.1, -0.05) is 6.07 Å². The summed E-state index contributed by atoms with van der Waals surface area (Å²) < 4.78 is 32.6. The SMILES string of the molecule is CNC(c1cncc(OC(C)C)c1)c1ccc(F)cc1F. The summed E-state index contributed by atoms with van der Waals surface area (Å²) in [5.74, 6) is -0.573. The standard InChI is InChI=1S/C16H18F2N2O/c1-10(2)21-13-6-11(8-20-9-13)16(19-3)14-5-4-12(17)7-15(14)18/h4-10,16,19H,1-3H3. The lowest BCUT2D eigenvalue weighted by atomic mass is 9.99. The van der Waals surface area contributed by atoms with Gasteiger partial charge in [-0.2, -0.15) is 0 Å². The first-order valence-electron chi connectivity index (χ1n) is 6.75. The molecule has 1 heterocycles. The first-order chi connectivity index (χ1) is 10.0. The molecular weight excluding hydrogens is 274 g/mol. The highest BCUT2D eigenvalue weighted by Gasteiger charge is 2.18. The minimum Gasteiger partial charge on any atom is -0.489 e. The van der Waals surface area contributed by atoms with Crippen LogP contribution in [0.25, 0.3) is 0 Å². The number of ether oxygens (including phenoxy) is 1. The third-order valence-electron chi connectivity index (χ3n) is 3.00. The molecule has 0 spiro atoms. The second kappa shape index (κ2) is 6.63. The van der Waals surface area contributed by atoms with Crippen molar-refractivity contribution in [3.8, 4) is 5.75 Å². The maximum atomic E-state index is 14.0. The molecule has 1 N–H and O–H groups in total. The summed E-state index contributed by atoms with van der Waals surface area (Å²) in [6.45, 7) is 3.84. The van der Waals surface area contributed by atoms with Crippen LogP contribution in [-0.2, 0) is 0 Å². The van der Waals surface area contributed by atoms with E-state index in [1.165, 1.54) is 12.1 Å². The molecule has 21 heavy (non-hydrogen) atoms. The lowest BCUT2D eigenvalue weighted by Crippen LogP contribution is -2.19. The molecule has 0 radical (unpaired) electrons. The van der Waals surface area contributed by atoms with Crippen LogP contribution in [-0.4, -0.2) is 18.1 Å². The van der Waals surface area contributed by atoms with Gasteiger partial charge in [0.1, 0.15) is 17.4 Å². The zero-order valence-corrected chi connectivity index (χ0v) is 12.2. The smallest absolute Gasteiger partial charge is 0.138 e. The lowest BCUT2D eigenvalue weighted by Gasteiger charge is -2.19. The highest BCUT2D eigenvalue weighted by atomic mass is 19.1. The number of rotatable bonds is 5. The van der Waals surface area contributed by atoms with Gasteiger partial charge in [0.2, 0.25) is 0 Å². The van der Waals surface area contributed by atoms with Crippen molar-refractivity contribution in [1.29, 1.82) is 0 Å². The summed E-state index contributed by atoms with van der Waals surface area (Å²) in [4.78, 5) is 4.12. The molecule has 0 amide bonds. The third kappa shape index (κ3) is 3.76. The second-order valence-corrected chi connectivity index (χ2v) is 5.01. The van der Waals surface area contributed by atoms with Crippen LogP contribution in [0.15, 0.2) is 36.7 Å². The van der Waals surface area contributed by atoms with Crippen molar-refractivity contribution in [2.24, 2.45) is 0 Å². The number of pyridine rings is 1. The molecule has 0 aliphatic rings. The molecule has 1 aromatic carbocycles. The molecule has 2 rings (SSSR count). The molecule has 0 aliphatic heterocycles. The van der Waals surface area contributed by atoms with Crippen LogP contribution >= 0.6 is 0 Å². The van der Waals surface area contributed by atoms with Gasteiger partial charge in [-0.3, -0.25) is 4.98 Å². The van der Waals surface area contributed by atoms with Crippen LogP contribution in [0.5, 0.6) is 5.75 Å². The molecule has 3 nitrogen and oxygen atoms in total. The second-order valence-electron chi connectivity index (χ2n) is 5.01. The van der Waals surface area contributed by atoms with E-state index in [-0.39, 0.29) is 6.10 Å². The van der Waals surface area contributed by atoms with Crippen LogP contribution in [0, 0.1) is 11.6 Å². The van der Waals surface area contributed by atoms with Gasteiger partial charge in [-0.05, 0) is 38.6 Å². The highest BCUT2D eigenvalue weighted by Crippen LogP contribution is 2.26. The average Bonchev–Trinajstić information content (AvgIpc) is 2.41. The Balaban J connectivity index is 2.37.